The Morgan fingerprint density at radius 3 is 2.52 bits per heavy atom. The van der Waals surface area contributed by atoms with Crippen LogP contribution in [0.4, 0.5) is 0 Å². The molecule has 1 aliphatic heterocycles. The SMILES string of the molecule is CCC1(CC)CCN(C(C/C(N)=N/O)c2ccccc2)C1. The van der Waals surface area contributed by atoms with Gasteiger partial charge in [0.2, 0.25) is 0 Å². The van der Waals surface area contributed by atoms with Crippen molar-refractivity contribution in [3.8, 4) is 0 Å². The third-order valence-electron chi connectivity index (χ3n) is 5.12. The Balaban J connectivity index is 2.21. The van der Waals surface area contributed by atoms with E-state index in [-0.39, 0.29) is 6.04 Å². The normalized spacial score (nSPS) is 20.6. The summed E-state index contributed by atoms with van der Waals surface area (Å²) in [5.74, 6) is 0.300. The zero-order chi connectivity index (χ0) is 15.3. The molecule has 1 unspecified atom stereocenters. The molecule has 21 heavy (non-hydrogen) atoms. The Morgan fingerprint density at radius 2 is 2.00 bits per heavy atom. The first-order valence-corrected chi connectivity index (χ1v) is 7.89. The van der Waals surface area contributed by atoms with Gasteiger partial charge < -0.3 is 10.9 Å². The van der Waals surface area contributed by atoms with Crippen LogP contribution < -0.4 is 5.73 Å². The number of hydrogen-bond donors (Lipinski definition) is 2. The second-order valence-electron chi connectivity index (χ2n) is 6.15. The highest BCUT2D eigenvalue weighted by molar-refractivity contribution is 5.80. The predicted molar refractivity (Wildman–Crippen MR) is 86.4 cm³/mol. The Labute approximate surface area is 127 Å². The molecule has 1 saturated heterocycles. The summed E-state index contributed by atoms with van der Waals surface area (Å²) in [6.07, 6.45) is 4.24. The Bertz CT molecular complexity index is 468. The molecule has 0 aliphatic carbocycles. The fraction of sp³-hybridized carbons (Fsp3) is 0.588. The van der Waals surface area contributed by atoms with Gasteiger partial charge in [-0.05, 0) is 36.8 Å². The summed E-state index contributed by atoms with van der Waals surface area (Å²) in [5, 5.41) is 12.1. The van der Waals surface area contributed by atoms with Gasteiger partial charge >= 0.3 is 0 Å². The zero-order valence-electron chi connectivity index (χ0n) is 13.1. The minimum Gasteiger partial charge on any atom is -0.409 e. The lowest BCUT2D eigenvalue weighted by molar-refractivity contribution is 0.196. The maximum absolute atomic E-state index is 8.91. The van der Waals surface area contributed by atoms with Crippen LogP contribution in [-0.4, -0.2) is 29.0 Å². The summed E-state index contributed by atoms with van der Waals surface area (Å²) in [7, 11) is 0. The number of rotatable bonds is 6. The van der Waals surface area contributed by atoms with Gasteiger partial charge in [-0.25, -0.2) is 0 Å². The number of oxime groups is 1. The van der Waals surface area contributed by atoms with Gasteiger partial charge in [0.25, 0.3) is 0 Å². The van der Waals surface area contributed by atoms with Crippen LogP contribution >= 0.6 is 0 Å². The topological polar surface area (TPSA) is 61.8 Å². The molecule has 0 amide bonds. The third kappa shape index (κ3) is 3.56. The summed E-state index contributed by atoms with van der Waals surface area (Å²) in [5.41, 5.74) is 7.46. The van der Waals surface area contributed by atoms with Crippen LogP contribution in [0.15, 0.2) is 35.5 Å². The van der Waals surface area contributed by atoms with Crippen molar-refractivity contribution in [2.24, 2.45) is 16.3 Å². The summed E-state index contributed by atoms with van der Waals surface area (Å²) < 4.78 is 0. The number of hydrogen-bond acceptors (Lipinski definition) is 3. The molecule has 0 saturated carbocycles. The standard InChI is InChI=1S/C17H27N3O/c1-3-17(4-2)10-11-20(13-17)15(12-16(18)19-21)14-8-6-5-7-9-14/h5-9,15,21H,3-4,10-13H2,1-2H3,(H2,18,19). The lowest BCUT2D eigenvalue weighted by Gasteiger charge is -2.31. The van der Waals surface area contributed by atoms with Crippen LogP contribution in [0.3, 0.4) is 0 Å². The van der Waals surface area contributed by atoms with E-state index in [2.05, 4.69) is 48.2 Å². The van der Waals surface area contributed by atoms with E-state index in [1.165, 1.54) is 24.8 Å². The van der Waals surface area contributed by atoms with Gasteiger partial charge in [-0.1, -0.05) is 49.3 Å². The zero-order valence-corrected chi connectivity index (χ0v) is 13.1. The number of nitrogens with zero attached hydrogens (tertiary/aromatic N) is 2. The smallest absolute Gasteiger partial charge is 0.141 e. The van der Waals surface area contributed by atoms with Gasteiger partial charge in [-0.2, -0.15) is 0 Å². The highest BCUT2D eigenvalue weighted by Gasteiger charge is 2.38. The van der Waals surface area contributed by atoms with E-state index in [1.807, 2.05) is 6.07 Å². The molecule has 0 bridgehead atoms. The Kier molecular flexibility index (Phi) is 5.23. The van der Waals surface area contributed by atoms with Crippen molar-refractivity contribution in [2.75, 3.05) is 13.1 Å². The Hall–Kier alpha value is -1.55. The molecule has 1 fully saturated rings. The first kappa shape index (κ1) is 15.8. The van der Waals surface area contributed by atoms with Crippen molar-refractivity contribution in [2.45, 2.75) is 45.6 Å². The fourth-order valence-corrected chi connectivity index (χ4v) is 3.43. The van der Waals surface area contributed by atoms with Crippen LogP contribution in [-0.2, 0) is 0 Å². The molecule has 3 N–H and O–H groups in total. The van der Waals surface area contributed by atoms with Crippen molar-refractivity contribution in [1.29, 1.82) is 0 Å². The number of benzene rings is 1. The molecule has 0 radical (unpaired) electrons. The highest BCUT2D eigenvalue weighted by Crippen LogP contribution is 2.41. The molecule has 0 spiro atoms. The maximum Gasteiger partial charge on any atom is 0.141 e. The monoisotopic (exact) mass is 289 g/mol. The van der Waals surface area contributed by atoms with Gasteiger partial charge in [0.05, 0.1) is 0 Å². The second kappa shape index (κ2) is 6.94. The van der Waals surface area contributed by atoms with Gasteiger partial charge in [0.15, 0.2) is 0 Å². The molecule has 2 rings (SSSR count). The van der Waals surface area contributed by atoms with E-state index in [4.69, 9.17) is 10.9 Å². The molecular weight excluding hydrogens is 262 g/mol. The van der Waals surface area contributed by atoms with Gasteiger partial charge in [-0.3, -0.25) is 4.90 Å². The molecule has 4 heteroatoms. The van der Waals surface area contributed by atoms with Gasteiger partial charge in [0.1, 0.15) is 5.84 Å². The van der Waals surface area contributed by atoms with Crippen molar-refractivity contribution in [3.05, 3.63) is 35.9 Å². The minimum atomic E-state index is 0.196. The largest absolute Gasteiger partial charge is 0.409 e. The minimum absolute atomic E-state index is 0.196. The van der Waals surface area contributed by atoms with E-state index in [1.54, 1.807) is 0 Å². The quantitative estimate of drug-likeness (QED) is 0.365. The molecule has 4 nitrogen and oxygen atoms in total. The van der Waals surface area contributed by atoms with Crippen LogP contribution in [0.25, 0.3) is 0 Å². The van der Waals surface area contributed by atoms with Crippen LogP contribution in [0.1, 0.15) is 51.1 Å². The van der Waals surface area contributed by atoms with E-state index < -0.39 is 0 Å². The van der Waals surface area contributed by atoms with E-state index in [0.717, 1.165) is 13.1 Å². The molecule has 1 aromatic carbocycles. The lowest BCUT2D eigenvalue weighted by Crippen LogP contribution is -2.32. The molecule has 1 aliphatic rings. The summed E-state index contributed by atoms with van der Waals surface area (Å²) in [6, 6.07) is 10.6. The number of amidine groups is 1. The lowest BCUT2D eigenvalue weighted by atomic mass is 9.82. The molecule has 116 valence electrons. The molecule has 1 heterocycles. The third-order valence-corrected chi connectivity index (χ3v) is 5.12. The van der Waals surface area contributed by atoms with Gasteiger partial charge in [0, 0.05) is 19.0 Å². The summed E-state index contributed by atoms with van der Waals surface area (Å²) >= 11 is 0. The van der Waals surface area contributed by atoms with Crippen molar-refractivity contribution in [3.63, 3.8) is 0 Å². The van der Waals surface area contributed by atoms with E-state index in [0.29, 0.717) is 17.7 Å². The molecule has 1 atom stereocenters. The summed E-state index contributed by atoms with van der Waals surface area (Å²) in [6.45, 7) is 6.75. The van der Waals surface area contributed by atoms with Crippen LogP contribution in [0, 0.1) is 5.41 Å². The first-order valence-electron chi connectivity index (χ1n) is 7.89. The van der Waals surface area contributed by atoms with Crippen molar-refractivity contribution >= 4 is 5.84 Å². The number of nitrogens with two attached hydrogens (primary N) is 1. The van der Waals surface area contributed by atoms with Crippen LogP contribution in [0.2, 0.25) is 0 Å². The maximum atomic E-state index is 8.91. The van der Waals surface area contributed by atoms with Gasteiger partial charge in [-0.15, -0.1) is 0 Å². The molecular formula is C17H27N3O. The fourth-order valence-electron chi connectivity index (χ4n) is 3.43. The number of likely N-dealkylation sites (tertiary alicyclic amines) is 1. The molecule has 0 aromatic heterocycles. The first-order chi connectivity index (χ1) is 10.1. The van der Waals surface area contributed by atoms with Crippen molar-refractivity contribution in [1.82, 2.24) is 4.90 Å². The van der Waals surface area contributed by atoms with Crippen molar-refractivity contribution < 1.29 is 5.21 Å². The van der Waals surface area contributed by atoms with Crippen LogP contribution in [0.5, 0.6) is 0 Å². The predicted octanol–water partition coefficient (Wildman–Crippen LogP) is 3.38. The average molecular weight is 289 g/mol. The second-order valence-corrected chi connectivity index (χ2v) is 6.15. The summed E-state index contributed by atoms with van der Waals surface area (Å²) in [4.78, 5) is 2.50. The highest BCUT2D eigenvalue weighted by atomic mass is 16.4. The average Bonchev–Trinajstić information content (AvgIpc) is 2.98. The Morgan fingerprint density at radius 1 is 1.33 bits per heavy atom. The van der Waals surface area contributed by atoms with E-state index in [9.17, 15) is 0 Å². The van der Waals surface area contributed by atoms with E-state index >= 15 is 0 Å². The molecule has 1 aromatic rings.